The number of aromatic nitrogens is 3. The number of fused-ring (bicyclic) bond motifs is 1. The molecule has 2 N–H and O–H groups in total. The number of nitrogens with two attached hydrogens (primary N) is 1. The van der Waals surface area contributed by atoms with Crippen molar-refractivity contribution in [2.45, 2.75) is 20.8 Å². The van der Waals surface area contributed by atoms with Crippen LogP contribution >= 0.6 is 0 Å². The highest BCUT2D eigenvalue weighted by Crippen LogP contribution is 2.33. The lowest BCUT2D eigenvalue weighted by Gasteiger charge is -2.20. The standard InChI is InChI=1S/C22H24N4O5/c1-12-9-16(17(27)11-31-22(28)20-13(2)24-25(4)21(20)23)14(3)26(12)15-5-6-18-19(10-15)30-8-7-29-18/h5-6,9-10H,7-8,11,23H2,1-4H3. The van der Waals surface area contributed by atoms with Crippen molar-refractivity contribution in [1.29, 1.82) is 0 Å². The summed E-state index contributed by atoms with van der Waals surface area (Å²) in [5.41, 5.74) is 9.46. The molecule has 4 rings (SSSR count). The van der Waals surface area contributed by atoms with Crippen LogP contribution in [-0.4, -0.2) is 45.9 Å². The van der Waals surface area contributed by atoms with E-state index in [1.807, 2.05) is 36.6 Å². The Morgan fingerprint density at radius 3 is 2.52 bits per heavy atom. The van der Waals surface area contributed by atoms with E-state index in [9.17, 15) is 9.59 Å². The molecule has 1 aromatic carbocycles. The Labute approximate surface area is 179 Å². The number of Topliss-reactive ketones (excluding diaryl/α,β-unsaturated/α-hetero) is 1. The van der Waals surface area contributed by atoms with Gasteiger partial charge >= 0.3 is 5.97 Å². The van der Waals surface area contributed by atoms with Crippen molar-refractivity contribution in [3.63, 3.8) is 0 Å². The van der Waals surface area contributed by atoms with Gasteiger partial charge in [0, 0.05) is 35.8 Å². The number of carbonyl (C=O) groups is 2. The van der Waals surface area contributed by atoms with Crippen molar-refractivity contribution in [2.75, 3.05) is 25.6 Å². The Kier molecular flexibility index (Phi) is 5.18. The second-order valence-electron chi connectivity index (χ2n) is 7.42. The number of hydrogen-bond acceptors (Lipinski definition) is 7. The Bertz CT molecular complexity index is 1190. The molecule has 9 nitrogen and oxygen atoms in total. The van der Waals surface area contributed by atoms with Gasteiger partial charge in [0.2, 0.25) is 5.78 Å². The third kappa shape index (κ3) is 3.63. The number of nitrogen functional groups attached to an aromatic ring is 1. The lowest BCUT2D eigenvalue weighted by Crippen LogP contribution is -2.16. The lowest BCUT2D eigenvalue weighted by molar-refractivity contribution is 0.0475. The van der Waals surface area contributed by atoms with Crippen LogP contribution in [0.3, 0.4) is 0 Å². The quantitative estimate of drug-likeness (QED) is 0.495. The summed E-state index contributed by atoms with van der Waals surface area (Å²) in [5, 5.41) is 4.09. The van der Waals surface area contributed by atoms with Gasteiger partial charge in [0.1, 0.15) is 24.6 Å². The molecule has 3 heterocycles. The molecule has 0 unspecified atom stereocenters. The first-order valence-corrected chi connectivity index (χ1v) is 9.86. The second kappa shape index (κ2) is 7.82. The number of aryl methyl sites for hydroxylation is 3. The topological polar surface area (TPSA) is 111 Å². The molecule has 0 amide bonds. The summed E-state index contributed by atoms with van der Waals surface area (Å²) >= 11 is 0. The summed E-state index contributed by atoms with van der Waals surface area (Å²) in [4.78, 5) is 25.2. The predicted octanol–water partition coefficient (Wildman–Crippen LogP) is 2.53. The predicted molar refractivity (Wildman–Crippen MR) is 113 cm³/mol. The largest absolute Gasteiger partial charge is 0.486 e. The number of carbonyl (C=O) groups excluding carboxylic acids is 2. The van der Waals surface area contributed by atoms with Crippen LogP contribution in [0.5, 0.6) is 11.5 Å². The van der Waals surface area contributed by atoms with Gasteiger partial charge in [-0.25, -0.2) is 4.79 Å². The number of hydrogen-bond donors (Lipinski definition) is 1. The molecular formula is C22H24N4O5. The van der Waals surface area contributed by atoms with E-state index in [0.29, 0.717) is 36.0 Å². The molecule has 0 saturated carbocycles. The van der Waals surface area contributed by atoms with Crippen LogP contribution in [0.1, 0.15) is 37.8 Å². The summed E-state index contributed by atoms with van der Waals surface area (Å²) in [6.07, 6.45) is 0. The first-order valence-electron chi connectivity index (χ1n) is 9.86. The molecule has 3 aromatic rings. The molecular weight excluding hydrogens is 400 g/mol. The average Bonchev–Trinajstić information content (AvgIpc) is 3.19. The number of ketones is 1. The number of anilines is 1. The highest BCUT2D eigenvalue weighted by atomic mass is 16.6. The van der Waals surface area contributed by atoms with Gasteiger partial charge in [-0.3, -0.25) is 9.48 Å². The van der Waals surface area contributed by atoms with E-state index in [2.05, 4.69) is 5.10 Å². The fourth-order valence-corrected chi connectivity index (χ4v) is 3.82. The molecule has 31 heavy (non-hydrogen) atoms. The van der Waals surface area contributed by atoms with E-state index in [-0.39, 0.29) is 17.2 Å². The maximum Gasteiger partial charge on any atom is 0.344 e. The molecule has 2 aromatic heterocycles. The van der Waals surface area contributed by atoms with Crippen molar-refractivity contribution in [1.82, 2.24) is 14.3 Å². The zero-order valence-corrected chi connectivity index (χ0v) is 17.9. The van der Waals surface area contributed by atoms with Crippen LogP contribution in [-0.2, 0) is 11.8 Å². The Morgan fingerprint density at radius 2 is 1.84 bits per heavy atom. The molecule has 0 spiro atoms. The molecule has 1 aliphatic rings. The zero-order valence-electron chi connectivity index (χ0n) is 17.9. The summed E-state index contributed by atoms with van der Waals surface area (Å²) in [6.45, 7) is 6.05. The fourth-order valence-electron chi connectivity index (χ4n) is 3.82. The molecule has 0 aliphatic carbocycles. The van der Waals surface area contributed by atoms with Crippen molar-refractivity contribution in [2.24, 2.45) is 7.05 Å². The highest BCUT2D eigenvalue weighted by molar-refractivity contribution is 6.01. The van der Waals surface area contributed by atoms with Crippen LogP contribution in [0.2, 0.25) is 0 Å². The first kappa shape index (κ1) is 20.5. The molecule has 0 fully saturated rings. The third-order valence-electron chi connectivity index (χ3n) is 5.32. The summed E-state index contributed by atoms with van der Waals surface area (Å²) < 4.78 is 19.8. The van der Waals surface area contributed by atoms with Crippen LogP contribution in [0.4, 0.5) is 5.82 Å². The SMILES string of the molecule is Cc1nn(C)c(N)c1C(=O)OCC(=O)c1cc(C)n(-c2ccc3c(c2)OCCO3)c1C. The summed E-state index contributed by atoms with van der Waals surface area (Å²) in [6, 6.07) is 7.44. The Hall–Kier alpha value is -3.75. The van der Waals surface area contributed by atoms with Gasteiger partial charge in [-0.1, -0.05) is 0 Å². The van der Waals surface area contributed by atoms with Gasteiger partial charge in [-0.15, -0.1) is 0 Å². The molecule has 0 radical (unpaired) electrons. The maximum atomic E-state index is 12.8. The number of benzene rings is 1. The van der Waals surface area contributed by atoms with E-state index >= 15 is 0 Å². The van der Waals surface area contributed by atoms with Gasteiger partial charge in [-0.2, -0.15) is 5.10 Å². The van der Waals surface area contributed by atoms with Gasteiger partial charge < -0.3 is 24.5 Å². The van der Waals surface area contributed by atoms with E-state index < -0.39 is 12.6 Å². The molecule has 0 bridgehead atoms. The number of ether oxygens (including phenoxy) is 3. The minimum absolute atomic E-state index is 0.178. The highest BCUT2D eigenvalue weighted by Gasteiger charge is 2.23. The van der Waals surface area contributed by atoms with Crippen molar-refractivity contribution < 1.29 is 23.8 Å². The van der Waals surface area contributed by atoms with Crippen molar-refractivity contribution in [3.8, 4) is 17.2 Å². The van der Waals surface area contributed by atoms with Gasteiger partial charge in [0.05, 0.1) is 5.69 Å². The van der Waals surface area contributed by atoms with E-state index in [4.69, 9.17) is 19.9 Å². The van der Waals surface area contributed by atoms with Gasteiger partial charge in [-0.05, 0) is 39.0 Å². The number of rotatable bonds is 5. The lowest BCUT2D eigenvalue weighted by atomic mass is 10.1. The number of nitrogens with zero attached hydrogens (tertiary/aromatic N) is 3. The van der Waals surface area contributed by atoms with E-state index in [0.717, 1.165) is 17.1 Å². The monoisotopic (exact) mass is 424 g/mol. The fraction of sp³-hybridized carbons (Fsp3) is 0.318. The molecule has 0 atom stereocenters. The Morgan fingerprint density at radius 1 is 1.13 bits per heavy atom. The summed E-state index contributed by atoms with van der Waals surface area (Å²) in [7, 11) is 1.64. The third-order valence-corrected chi connectivity index (χ3v) is 5.32. The number of esters is 1. The van der Waals surface area contributed by atoms with Gasteiger partial charge in [0.15, 0.2) is 18.1 Å². The normalized spacial score (nSPS) is 12.6. The molecule has 1 aliphatic heterocycles. The zero-order chi connectivity index (χ0) is 22.3. The molecule has 9 heteroatoms. The first-order chi connectivity index (χ1) is 14.8. The van der Waals surface area contributed by atoms with Gasteiger partial charge in [0.25, 0.3) is 0 Å². The van der Waals surface area contributed by atoms with E-state index in [1.165, 1.54) is 4.68 Å². The molecule has 162 valence electrons. The van der Waals surface area contributed by atoms with Crippen molar-refractivity contribution >= 4 is 17.6 Å². The smallest absolute Gasteiger partial charge is 0.344 e. The Balaban J connectivity index is 1.54. The van der Waals surface area contributed by atoms with Crippen molar-refractivity contribution in [3.05, 3.63) is 52.5 Å². The summed E-state index contributed by atoms with van der Waals surface area (Å²) in [5.74, 6) is 0.599. The maximum absolute atomic E-state index is 12.8. The second-order valence-corrected chi connectivity index (χ2v) is 7.42. The average molecular weight is 424 g/mol. The minimum atomic E-state index is -0.669. The molecule has 0 saturated heterocycles. The van der Waals surface area contributed by atoms with Crippen LogP contribution in [0.15, 0.2) is 24.3 Å². The van der Waals surface area contributed by atoms with Crippen LogP contribution in [0.25, 0.3) is 5.69 Å². The minimum Gasteiger partial charge on any atom is -0.486 e. The van der Waals surface area contributed by atoms with E-state index in [1.54, 1.807) is 20.0 Å². The van der Waals surface area contributed by atoms with Crippen LogP contribution in [0, 0.1) is 20.8 Å². The van der Waals surface area contributed by atoms with Crippen LogP contribution < -0.4 is 15.2 Å².